The number of aromatic carboxylic acids is 1. The first-order valence-corrected chi connectivity index (χ1v) is 5.60. The molecule has 2 rings (SSSR count). The molecular weight excluding hydrogens is 216 g/mol. The number of hydrogen-bond donors (Lipinski definition) is 2. The third kappa shape index (κ3) is 1.95. The second-order valence-corrected chi connectivity index (χ2v) is 4.49. The summed E-state index contributed by atoms with van der Waals surface area (Å²) in [5.41, 5.74) is 0. The summed E-state index contributed by atoms with van der Waals surface area (Å²) in [7, 11) is 0. The van der Waals surface area contributed by atoms with E-state index in [9.17, 15) is 4.79 Å². The van der Waals surface area contributed by atoms with Crippen LogP contribution in [0.15, 0.2) is 6.20 Å². The highest BCUT2D eigenvalue weighted by Crippen LogP contribution is 2.29. The van der Waals surface area contributed by atoms with E-state index in [2.05, 4.69) is 4.98 Å². The molecule has 0 amide bonds. The Morgan fingerprint density at radius 1 is 1.73 bits per heavy atom. The minimum atomic E-state index is -0.946. The van der Waals surface area contributed by atoms with Gasteiger partial charge in [0, 0.05) is 6.54 Å². The molecule has 1 aliphatic heterocycles. The van der Waals surface area contributed by atoms with Crippen LogP contribution in [0.25, 0.3) is 0 Å². The van der Waals surface area contributed by atoms with E-state index >= 15 is 0 Å². The number of anilines is 1. The molecule has 1 atom stereocenters. The van der Waals surface area contributed by atoms with Crippen LogP contribution < -0.4 is 4.90 Å². The van der Waals surface area contributed by atoms with E-state index in [1.165, 1.54) is 6.20 Å². The van der Waals surface area contributed by atoms with Crippen molar-refractivity contribution in [3.8, 4) is 0 Å². The van der Waals surface area contributed by atoms with Gasteiger partial charge in [-0.05, 0) is 12.8 Å². The topological polar surface area (TPSA) is 73.7 Å². The summed E-state index contributed by atoms with van der Waals surface area (Å²) >= 11 is 1.16. The number of aliphatic hydroxyl groups is 1. The monoisotopic (exact) mass is 228 g/mol. The minimum absolute atomic E-state index is 0.0952. The smallest absolute Gasteiger partial charge is 0.347 e. The molecule has 0 saturated carbocycles. The number of hydrogen-bond acceptors (Lipinski definition) is 5. The number of aliphatic hydroxyl groups excluding tert-OH is 1. The van der Waals surface area contributed by atoms with Crippen molar-refractivity contribution in [2.45, 2.75) is 18.9 Å². The van der Waals surface area contributed by atoms with Crippen molar-refractivity contribution in [1.82, 2.24) is 4.98 Å². The van der Waals surface area contributed by atoms with Gasteiger partial charge in [-0.2, -0.15) is 0 Å². The van der Waals surface area contributed by atoms with Crippen molar-refractivity contribution >= 4 is 22.4 Å². The second kappa shape index (κ2) is 4.16. The highest BCUT2D eigenvalue weighted by Gasteiger charge is 2.26. The fraction of sp³-hybridized carbons (Fsp3) is 0.556. The third-order valence-electron chi connectivity index (χ3n) is 2.54. The number of carboxylic acids is 1. The Morgan fingerprint density at radius 3 is 3.13 bits per heavy atom. The summed E-state index contributed by atoms with van der Waals surface area (Å²) in [6, 6.07) is 0.0952. The van der Waals surface area contributed by atoms with Crippen LogP contribution in [-0.2, 0) is 0 Å². The van der Waals surface area contributed by atoms with Crippen LogP contribution in [0.1, 0.15) is 22.5 Å². The summed E-state index contributed by atoms with van der Waals surface area (Å²) in [4.78, 5) is 17.0. The molecule has 15 heavy (non-hydrogen) atoms. The standard InChI is InChI=1S/C9H12N2O3S/c12-5-6-2-1-3-11(6)9-10-4-7(15-9)8(13)14/h4,6,12H,1-3,5H2,(H,13,14)/t6-/m1/s1. The molecule has 1 fully saturated rings. The highest BCUT2D eigenvalue weighted by molar-refractivity contribution is 7.17. The molecule has 2 N–H and O–H groups in total. The second-order valence-electron chi connectivity index (χ2n) is 3.48. The molecule has 0 aromatic carbocycles. The molecular formula is C9H12N2O3S. The molecule has 2 heterocycles. The first kappa shape index (κ1) is 10.4. The molecule has 1 aromatic rings. The molecule has 0 aliphatic carbocycles. The van der Waals surface area contributed by atoms with E-state index in [4.69, 9.17) is 10.2 Å². The number of thiazole rings is 1. The van der Waals surface area contributed by atoms with Crippen LogP contribution in [0.2, 0.25) is 0 Å². The lowest BCUT2D eigenvalue weighted by Gasteiger charge is -2.21. The van der Waals surface area contributed by atoms with Crippen molar-refractivity contribution in [3.05, 3.63) is 11.1 Å². The maximum atomic E-state index is 10.7. The zero-order chi connectivity index (χ0) is 10.8. The Labute approximate surface area is 91.0 Å². The molecule has 0 bridgehead atoms. The van der Waals surface area contributed by atoms with Crippen molar-refractivity contribution in [2.75, 3.05) is 18.1 Å². The molecule has 6 heteroatoms. The summed E-state index contributed by atoms with van der Waals surface area (Å²) < 4.78 is 0. The minimum Gasteiger partial charge on any atom is -0.477 e. The average Bonchev–Trinajstić information content (AvgIpc) is 2.85. The summed E-state index contributed by atoms with van der Waals surface area (Å²) in [5, 5.41) is 18.6. The van der Waals surface area contributed by atoms with Gasteiger partial charge in [0.1, 0.15) is 4.88 Å². The predicted octanol–water partition coefficient (Wildman–Crippen LogP) is 0.802. The fourth-order valence-corrected chi connectivity index (χ4v) is 2.63. The maximum absolute atomic E-state index is 10.7. The summed E-state index contributed by atoms with van der Waals surface area (Å²) in [5.74, 6) is -0.946. The molecule has 1 saturated heterocycles. The Morgan fingerprint density at radius 2 is 2.53 bits per heavy atom. The van der Waals surface area contributed by atoms with Crippen molar-refractivity contribution in [2.24, 2.45) is 0 Å². The predicted molar refractivity (Wildman–Crippen MR) is 56.5 cm³/mol. The van der Waals surface area contributed by atoms with Gasteiger partial charge in [-0.25, -0.2) is 9.78 Å². The van der Waals surface area contributed by atoms with Gasteiger partial charge in [0.15, 0.2) is 5.13 Å². The zero-order valence-corrected chi connectivity index (χ0v) is 8.90. The van der Waals surface area contributed by atoms with Gasteiger partial charge in [-0.1, -0.05) is 11.3 Å². The first-order chi connectivity index (χ1) is 7.22. The van der Waals surface area contributed by atoms with Crippen molar-refractivity contribution in [1.29, 1.82) is 0 Å². The van der Waals surface area contributed by atoms with Gasteiger partial charge in [0.25, 0.3) is 0 Å². The maximum Gasteiger partial charge on any atom is 0.347 e. The molecule has 82 valence electrons. The zero-order valence-electron chi connectivity index (χ0n) is 8.09. The van der Waals surface area contributed by atoms with Gasteiger partial charge in [0.05, 0.1) is 18.8 Å². The van der Waals surface area contributed by atoms with E-state index in [0.717, 1.165) is 30.7 Å². The van der Waals surface area contributed by atoms with Gasteiger partial charge < -0.3 is 15.1 Å². The molecule has 1 aliphatic rings. The van der Waals surface area contributed by atoms with E-state index in [-0.39, 0.29) is 17.5 Å². The molecule has 0 radical (unpaired) electrons. The first-order valence-electron chi connectivity index (χ1n) is 4.79. The number of nitrogens with zero attached hydrogens (tertiary/aromatic N) is 2. The molecule has 1 aromatic heterocycles. The van der Waals surface area contributed by atoms with E-state index < -0.39 is 5.97 Å². The molecule has 0 spiro atoms. The van der Waals surface area contributed by atoms with Gasteiger partial charge in [-0.15, -0.1) is 0 Å². The van der Waals surface area contributed by atoms with E-state index in [1.54, 1.807) is 0 Å². The van der Waals surface area contributed by atoms with E-state index in [1.807, 2.05) is 4.90 Å². The Hall–Kier alpha value is -1.14. The fourth-order valence-electron chi connectivity index (χ4n) is 1.77. The Bertz CT molecular complexity index is 366. The normalized spacial score (nSPS) is 20.9. The quantitative estimate of drug-likeness (QED) is 0.800. The van der Waals surface area contributed by atoms with Crippen LogP contribution >= 0.6 is 11.3 Å². The number of rotatable bonds is 3. The van der Waals surface area contributed by atoms with Crippen LogP contribution in [-0.4, -0.2) is 40.4 Å². The van der Waals surface area contributed by atoms with Crippen LogP contribution in [0.4, 0.5) is 5.13 Å². The highest BCUT2D eigenvalue weighted by atomic mass is 32.1. The number of carbonyl (C=O) groups is 1. The molecule has 5 nitrogen and oxygen atoms in total. The number of carboxylic acid groups (broad SMARTS) is 1. The van der Waals surface area contributed by atoms with Gasteiger partial charge >= 0.3 is 5.97 Å². The van der Waals surface area contributed by atoms with Crippen LogP contribution in [0, 0.1) is 0 Å². The van der Waals surface area contributed by atoms with E-state index in [0.29, 0.717) is 5.13 Å². The summed E-state index contributed by atoms with van der Waals surface area (Å²) in [6.07, 6.45) is 3.33. The Balaban J connectivity index is 2.18. The van der Waals surface area contributed by atoms with Crippen LogP contribution in [0.3, 0.4) is 0 Å². The number of aromatic nitrogens is 1. The summed E-state index contributed by atoms with van der Waals surface area (Å²) in [6.45, 7) is 0.944. The largest absolute Gasteiger partial charge is 0.477 e. The lowest BCUT2D eigenvalue weighted by molar-refractivity contribution is 0.0702. The third-order valence-corrected chi connectivity index (χ3v) is 3.56. The molecule has 0 unspecified atom stereocenters. The van der Waals surface area contributed by atoms with Crippen LogP contribution in [0.5, 0.6) is 0 Å². The SMILES string of the molecule is O=C(O)c1cnc(N2CCC[C@@H]2CO)s1. The van der Waals surface area contributed by atoms with Crippen molar-refractivity contribution in [3.63, 3.8) is 0 Å². The van der Waals surface area contributed by atoms with Gasteiger partial charge in [0.2, 0.25) is 0 Å². The Kier molecular flexibility index (Phi) is 2.88. The lowest BCUT2D eigenvalue weighted by atomic mass is 10.2. The van der Waals surface area contributed by atoms with Gasteiger partial charge in [-0.3, -0.25) is 0 Å². The average molecular weight is 228 g/mol. The lowest BCUT2D eigenvalue weighted by Crippen LogP contribution is -2.31. The van der Waals surface area contributed by atoms with Crippen molar-refractivity contribution < 1.29 is 15.0 Å².